The van der Waals surface area contributed by atoms with Gasteiger partial charge in [0.25, 0.3) is 0 Å². The Balaban J connectivity index is 2.33. The lowest BCUT2D eigenvalue weighted by Gasteiger charge is -2.08. The number of rotatable bonds is 3. The highest BCUT2D eigenvalue weighted by Crippen LogP contribution is 2.29. The van der Waals surface area contributed by atoms with Gasteiger partial charge in [-0.15, -0.1) is 5.10 Å². The number of ketones is 1. The second-order valence-electron chi connectivity index (χ2n) is 4.06. The molecule has 0 radical (unpaired) electrons. The molecule has 0 N–H and O–H groups in total. The molecule has 0 aliphatic rings. The summed E-state index contributed by atoms with van der Waals surface area (Å²) < 4.78 is 38.7. The molecule has 0 aliphatic heterocycles. The Morgan fingerprint density at radius 3 is 2.42 bits per heavy atom. The molecule has 1 aromatic carbocycles. The van der Waals surface area contributed by atoms with Gasteiger partial charge in [-0.1, -0.05) is 5.21 Å². The maximum Gasteiger partial charge on any atom is 0.416 e. The fourth-order valence-electron chi connectivity index (χ4n) is 1.64. The summed E-state index contributed by atoms with van der Waals surface area (Å²) in [6, 6.07) is 4.52. The van der Waals surface area contributed by atoms with E-state index in [0.29, 0.717) is 11.4 Å². The van der Waals surface area contributed by atoms with Crippen molar-refractivity contribution < 1.29 is 18.0 Å². The van der Waals surface area contributed by atoms with Gasteiger partial charge >= 0.3 is 6.18 Å². The van der Waals surface area contributed by atoms with Gasteiger partial charge in [-0.2, -0.15) is 13.2 Å². The smallest absolute Gasteiger partial charge is 0.300 e. The molecule has 7 heteroatoms. The highest BCUT2D eigenvalue weighted by Gasteiger charge is 2.30. The Bertz CT molecular complexity index is 587. The third-order valence-electron chi connectivity index (χ3n) is 2.49. The molecule has 4 nitrogen and oxygen atoms in total. The third-order valence-corrected chi connectivity index (χ3v) is 2.49. The molecular formula is C12H10F3N3O. The van der Waals surface area contributed by atoms with Crippen molar-refractivity contribution in [2.75, 3.05) is 0 Å². The van der Waals surface area contributed by atoms with E-state index in [4.69, 9.17) is 0 Å². The summed E-state index contributed by atoms with van der Waals surface area (Å²) in [7, 11) is 0. The largest absolute Gasteiger partial charge is 0.416 e. The second kappa shape index (κ2) is 4.83. The Kier molecular flexibility index (Phi) is 3.37. The van der Waals surface area contributed by atoms with Crippen LogP contribution in [0.4, 0.5) is 13.2 Å². The van der Waals surface area contributed by atoms with Crippen LogP contribution in [0, 0.1) is 0 Å². The number of hydrogen-bond acceptors (Lipinski definition) is 3. The summed E-state index contributed by atoms with van der Waals surface area (Å²) in [6.07, 6.45) is -2.82. The molecule has 0 bridgehead atoms. The van der Waals surface area contributed by atoms with Gasteiger partial charge in [-0.05, 0) is 31.2 Å². The number of carbonyl (C=O) groups is 1. The minimum absolute atomic E-state index is 0.0736. The van der Waals surface area contributed by atoms with Crippen LogP contribution in [0.25, 0.3) is 5.69 Å². The number of aromatic nitrogens is 3. The van der Waals surface area contributed by atoms with Crippen molar-refractivity contribution >= 4 is 5.78 Å². The van der Waals surface area contributed by atoms with Crippen molar-refractivity contribution in [2.45, 2.75) is 19.5 Å². The number of Topliss-reactive ketones (excluding diaryl/α,β-unsaturated/α-hetero) is 1. The fraction of sp³-hybridized carbons (Fsp3) is 0.250. The molecule has 100 valence electrons. The number of nitrogens with zero attached hydrogens (tertiary/aromatic N) is 3. The van der Waals surface area contributed by atoms with E-state index >= 15 is 0 Å². The average Bonchev–Trinajstić information content (AvgIpc) is 2.75. The SMILES string of the molecule is CC(=O)Cc1cnnn1-c1ccc(C(F)(F)F)cc1. The van der Waals surface area contributed by atoms with Gasteiger partial charge in [0.15, 0.2) is 0 Å². The molecule has 0 atom stereocenters. The van der Waals surface area contributed by atoms with Crippen LogP contribution in [-0.2, 0) is 17.4 Å². The molecule has 0 aliphatic carbocycles. The lowest BCUT2D eigenvalue weighted by molar-refractivity contribution is -0.137. The minimum Gasteiger partial charge on any atom is -0.300 e. The zero-order valence-electron chi connectivity index (χ0n) is 9.98. The lowest BCUT2D eigenvalue weighted by atomic mass is 10.2. The van der Waals surface area contributed by atoms with Crippen LogP contribution >= 0.6 is 0 Å². The van der Waals surface area contributed by atoms with E-state index in [-0.39, 0.29) is 12.2 Å². The Labute approximate surface area is 106 Å². The number of alkyl halides is 3. The molecular weight excluding hydrogens is 259 g/mol. The maximum absolute atomic E-state index is 12.4. The number of halogens is 3. The predicted octanol–water partition coefficient (Wildman–Crippen LogP) is 2.42. The Morgan fingerprint density at radius 2 is 1.89 bits per heavy atom. The first-order valence-corrected chi connectivity index (χ1v) is 5.44. The first-order chi connectivity index (χ1) is 8.88. The van der Waals surface area contributed by atoms with Crippen molar-refractivity contribution in [2.24, 2.45) is 0 Å². The van der Waals surface area contributed by atoms with E-state index in [9.17, 15) is 18.0 Å². The molecule has 0 spiro atoms. The van der Waals surface area contributed by atoms with Crippen LogP contribution in [0.3, 0.4) is 0 Å². The zero-order chi connectivity index (χ0) is 14.0. The van der Waals surface area contributed by atoms with Crippen LogP contribution in [-0.4, -0.2) is 20.8 Å². The quantitative estimate of drug-likeness (QED) is 0.859. The molecule has 0 saturated heterocycles. The van der Waals surface area contributed by atoms with Crippen LogP contribution in [0.15, 0.2) is 30.5 Å². The van der Waals surface area contributed by atoms with Crippen LogP contribution < -0.4 is 0 Å². The highest BCUT2D eigenvalue weighted by atomic mass is 19.4. The Morgan fingerprint density at radius 1 is 1.26 bits per heavy atom. The number of hydrogen-bond donors (Lipinski definition) is 0. The van der Waals surface area contributed by atoms with Gasteiger partial charge in [-0.3, -0.25) is 4.79 Å². The fourth-order valence-corrected chi connectivity index (χ4v) is 1.64. The molecule has 0 saturated carbocycles. The normalized spacial score (nSPS) is 11.6. The number of benzene rings is 1. The van der Waals surface area contributed by atoms with Gasteiger partial charge < -0.3 is 0 Å². The first kappa shape index (κ1) is 13.3. The summed E-state index contributed by atoms with van der Waals surface area (Å²) in [5.41, 5.74) is 0.235. The first-order valence-electron chi connectivity index (χ1n) is 5.44. The van der Waals surface area contributed by atoms with Crippen LogP contribution in [0.5, 0.6) is 0 Å². The molecule has 1 heterocycles. The minimum atomic E-state index is -4.37. The molecule has 0 unspecified atom stereocenters. The molecule has 2 aromatic rings. The molecule has 0 amide bonds. The number of carbonyl (C=O) groups excluding carboxylic acids is 1. The zero-order valence-corrected chi connectivity index (χ0v) is 9.98. The molecule has 2 rings (SSSR count). The third kappa shape index (κ3) is 2.98. The van der Waals surface area contributed by atoms with Gasteiger partial charge in [0, 0.05) is 0 Å². The molecule has 19 heavy (non-hydrogen) atoms. The van der Waals surface area contributed by atoms with Crippen molar-refractivity contribution in [1.82, 2.24) is 15.0 Å². The standard InChI is InChI=1S/C12H10F3N3O/c1-8(19)6-11-7-16-17-18(11)10-4-2-9(3-5-10)12(13,14)15/h2-5,7H,6H2,1H3. The topological polar surface area (TPSA) is 47.8 Å². The Hall–Kier alpha value is -2.18. The van der Waals surface area contributed by atoms with Gasteiger partial charge in [0.05, 0.1) is 29.6 Å². The summed E-state index contributed by atoms with van der Waals surface area (Å²) in [5.74, 6) is -0.0736. The lowest BCUT2D eigenvalue weighted by Crippen LogP contribution is -2.08. The van der Waals surface area contributed by atoms with Crippen LogP contribution in [0.1, 0.15) is 18.2 Å². The van der Waals surface area contributed by atoms with Crippen molar-refractivity contribution in [3.05, 3.63) is 41.7 Å². The summed E-state index contributed by atoms with van der Waals surface area (Å²) in [6.45, 7) is 1.42. The van der Waals surface area contributed by atoms with E-state index in [2.05, 4.69) is 10.3 Å². The van der Waals surface area contributed by atoms with E-state index in [1.807, 2.05) is 0 Å². The van der Waals surface area contributed by atoms with Crippen molar-refractivity contribution in [3.8, 4) is 5.69 Å². The monoisotopic (exact) mass is 269 g/mol. The van der Waals surface area contributed by atoms with E-state index in [0.717, 1.165) is 12.1 Å². The maximum atomic E-state index is 12.4. The predicted molar refractivity (Wildman–Crippen MR) is 60.7 cm³/mol. The van der Waals surface area contributed by atoms with Gasteiger partial charge in [0.2, 0.25) is 0 Å². The second-order valence-corrected chi connectivity index (χ2v) is 4.06. The van der Waals surface area contributed by atoms with Crippen molar-refractivity contribution in [1.29, 1.82) is 0 Å². The average molecular weight is 269 g/mol. The summed E-state index contributed by atoms with van der Waals surface area (Å²) in [4.78, 5) is 11.1. The summed E-state index contributed by atoms with van der Waals surface area (Å²) in [5, 5.41) is 7.43. The van der Waals surface area contributed by atoms with Gasteiger partial charge in [0.1, 0.15) is 5.78 Å². The van der Waals surface area contributed by atoms with E-state index in [1.165, 1.54) is 29.9 Å². The highest BCUT2D eigenvalue weighted by molar-refractivity contribution is 5.77. The molecule has 0 fully saturated rings. The van der Waals surface area contributed by atoms with Gasteiger partial charge in [-0.25, -0.2) is 4.68 Å². The van der Waals surface area contributed by atoms with Crippen molar-refractivity contribution in [3.63, 3.8) is 0 Å². The van der Waals surface area contributed by atoms with E-state index < -0.39 is 11.7 Å². The van der Waals surface area contributed by atoms with Crippen LogP contribution in [0.2, 0.25) is 0 Å². The molecule has 1 aromatic heterocycles. The van der Waals surface area contributed by atoms with E-state index in [1.54, 1.807) is 0 Å². The summed E-state index contributed by atoms with van der Waals surface area (Å²) >= 11 is 0.